The van der Waals surface area contributed by atoms with Crippen LogP contribution in [0.1, 0.15) is 21.5 Å². The Balaban J connectivity index is 2.05. The minimum Gasteiger partial charge on any atom is -0.497 e. The molecule has 0 atom stereocenters. The third-order valence-corrected chi connectivity index (χ3v) is 3.43. The Morgan fingerprint density at radius 3 is 2.55 bits per heavy atom. The van der Waals surface area contributed by atoms with E-state index in [0.29, 0.717) is 11.1 Å². The lowest BCUT2D eigenvalue weighted by atomic mass is 10.0. The van der Waals surface area contributed by atoms with E-state index >= 15 is 0 Å². The van der Waals surface area contributed by atoms with Gasteiger partial charge in [0, 0.05) is 28.2 Å². The predicted molar refractivity (Wildman–Crippen MR) is 79.5 cm³/mol. The lowest BCUT2D eigenvalue weighted by Crippen LogP contribution is -2.00. The third kappa shape index (κ3) is 2.07. The van der Waals surface area contributed by atoms with Crippen LogP contribution in [-0.2, 0) is 0 Å². The molecule has 3 nitrogen and oxygen atoms in total. The summed E-state index contributed by atoms with van der Waals surface area (Å²) in [6.07, 6.45) is 1.77. The number of ether oxygens (including phenoxy) is 1. The van der Waals surface area contributed by atoms with Crippen LogP contribution in [0.25, 0.3) is 10.9 Å². The molecule has 3 heteroatoms. The van der Waals surface area contributed by atoms with Gasteiger partial charge in [0.1, 0.15) is 5.75 Å². The van der Waals surface area contributed by atoms with Gasteiger partial charge in [0.05, 0.1) is 7.11 Å². The van der Waals surface area contributed by atoms with E-state index < -0.39 is 0 Å². The zero-order chi connectivity index (χ0) is 14.1. The predicted octanol–water partition coefficient (Wildman–Crippen LogP) is 3.72. The Bertz CT molecular complexity index is 769. The fourth-order valence-electron chi connectivity index (χ4n) is 2.32. The number of ketones is 1. The fourth-order valence-corrected chi connectivity index (χ4v) is 2.32. The van der Waals surface area contributed by atoms with Crippen molar-refractivity contribution >= 4 is 16.7 Å². The second-order valence-electron chi connectivity index (χ2n) is 4.81. The third-order valence-electron chi connectivity index (χ3n) is 3.43. The molecule has 0 aliphatic rings. The topological polar surface area (TPSA) is 42.1 Å². The van der Waals surface area contributed by atoms with E-state index in [2.05, 4.69) is 4.98 Å². The average Bonchev–Trinajstić information content (AvgIpc) is 2.89. The summed E-state index contributed by atoms with van der Waals surface area (Å²) < 4.78 is 5.11. The van der Waals surface area contributed by atoms with Crippen LogP contribution >= 0.6 is 0 Å². The normalized spacial score (nSPS) is 10.7. The Morgan fingerprint density at radius 2 is 1.85 bits per heavy atom. The highest BCUT2D eigenvalue weighted by molar-refractivity contribution is 6.16. The Hall–Kier alpha value is -2.55. The molecule has 20 heavy (non-hydrogen) atoms. The van der Waals surface area contributed by atoms with Gasteiger partial charge in [0.25, 0.3) is 0 Å². The first kappa shape index (κ1) is 12.5. The van der Waals surface area contributed by atoms with Crippen LogP contribution in [-0.4, -0.2) is 17.9 Å². The van der Waals surface area contributed by atoms with Crippen LogP contribution in [0.4, 0.5) is 0 Å². The van der Waals surface area contributed by atoms with E-state index in [9.17, 15) is 4.79 Å². The Kier molecular flexibility index (Phi) is 3.03. The van der Waals surface area contributed by atoms with Crippen molar-refractivity contribution in [2.24, 2.45) is 0 Å². The molecule has 0 radical (unpaired) electrons. The number of hydrogen-bond donors (Lipinski definition) is 1. The molecule has 100 valence electrons. The zero-order valence-electron chi connectivity index (χ0n) is 11.4. The molecule has 3 rings (SSSR count). The molecule has 0 aliphatic heterocycles. The van der Waals surface area contributed by atoms with E-state index in [1.54, 1.807) is 37.6 Å². The van der Waals surface area contributed by atoms with Crippen LogP contribution in [0.15, 0.2) is 48.7 Å². The number of rotatable bonds is 3. The van der Waals surface area contributed by atoms with Gasteiger partial charge in [-0.2, -0.15) is 0 Å². The quantitative estimate of drug-likeness (QED) is 0.733. The van der Waals surface area contributed by atoms with E-state index in [-0.39, 0.29) is 5.78 Å². The number of hydrogen-bond acceptors (Lipinski definition) is 2. The molecular formula is C17H15NO2. The number of H-pyrrole nitrogens is 1. The van der Waals surface area contributed by atoms with Crippen LogP contribution in [0.3, 0.4) is 0 Å². The van der Waals surface area contributed by atoms with Crippen molar-refractivity contribution in [1.29, 1.82) is 0 Å². The summed E-state index contributed by atoms with van der Waals surface area (Å²) in [6, 6.07) is 13.2. The first-order valence-electron chi connectivity index (χ1n) is 6.45. The summed E-state index contributed by atoms with van der Waals surface area (Å²) in [5, 5.41) is 0.964. The molecule has 0 saturated carbocycles. The van der Waals surface area contributed by atoms with Crippen molar-refractivity contribution in [3.63, 3.8) is 0 Å². The highest BCUT2D eigenvalue weighted by Gasteiger charge is 2.14. The highest BCUT2D eigenvalue weighted by atomic mass is 16.5. The molecule has 0 spiro atoms. The van der Waals surface area contributed by atoms with Crippen molar-refractivity contribution in [3.05, 3.63) is 65.4 Å². The molecule has 0 unspecified atom stereocenters. The maximum atomic E-state index is 12.6. The van der Waals surface area contributed by atoms with E-state index in [1.807, 2.05) is 25.1 Å². The van der Waals surface area contributed by atoms with E-state index in [0.717, 1.165) is 22.2 Å². The first-order chi connectivity index (χ1) is 9.69. The van der Waals surface area contributed by atoms with Gasteiger partial charge in [-0.3, -0.25) is 4.79 Å². The van der Waals surface area contributed by atoms with Crippen molar-refractivity contribution in [1.82, 2.24) is 4.98 Å². The Labute approximate surface area is 117 Å². The largest absolute Gasteiger partial charge is 0.497 e. The number of benzene rings is 2. The summed E-state index contributed by atoms with van der Waals surface area (Å²) in [5.74, 6) is 0.765. The summed E-state index contributed by atoms with van der Waals surface area (Å²) in [6.45, 7) is 2.02. The standard InChI is InChI=1S/C17H15NO2/c1-11-3-8-16-14(9-11)15(10-18-16)17(19)12-4-6-13(20-2)7-5-12/h3-10,18H,1-2H3. The number of aryl methyl sites for hydroxylation is 1. The van der Waals surface area contributed by atoms with Crippen molar-refractivity contribution in [3.8, 4) is 5.75 Å². The number of methoxy groups -OCH3 is 1. The molecule has 0 fully saturated rings. The number of carbonyl (C=O) groups is 1. The number of aromatic amines is 1. The van der Waals surface area contributed by atoms with E-state index in [1.165, 1.54) is 0 Å². The second kappa shape index (κ2) is 4.85. The Morgan fingerprint density at radius 1 is 1.10 bits per heavy atom. The fraction of sp³-hybridized carbons (Fsp3) is 0.118. The average molecular weight is 265 g/mol. The molecular weight excluding hydrogens is 250 g/mol. The van der Waals surface area contributed by atoms with Crippen LogP contribution < -0.4 is 4.74 Å². The van der Waals surface area contributed by atoms with Crippen molar-refractivity contribution < 1.29 is 9.53 Å². The van der Waals surface area contributed by atoms with Crippen molar-refractivity contribution in [2.75, 3.05) is 7.11 Å². The summed E-state index contributed by atoms with van der Waals surface area (Å²) in [7, 11) is 1.61. The molecule has 3 aromatic rings. The highest BCUT2D eigenvalue weighted by Crippen LogP contribution is 2.23. The summed E-state index contributed by atoms with van der Waals surface area (Å²) >= 11 is 0. The number of carbonyl (C=O) groups excluding carboxylic acids is 1. The van der Waals surface area contributed by atoms with Gasteiger partial charge in [-0.25, -0.2) is 0 Å². The second-order valence-corrected chi connectivity index (χ2v) is 4.81. The molecule has 1 heterocycles. The van der Waals surface area contributed by atoms with Gasteiger partial charge in [-0.05, 0) is 43.3 Å². The maximum Gasteiger partial charge on any atom is 0.195 e. The van der Waals surface area contributed by atoms with Crippen LogP contribution in [0.5, 0.6) is 5.75 Å². The first-order valence-corrected chi connectivity index (χ1v) is 6.45. The van der Waals surface area contributed by atoms with Gasteiger partial charge in [0.2, 0.25) is 0 Å². The van der Waals surface area contributed by atoms with E-state index in [4.69, 9.17) is 4.74 Å². The molecule has 0 saturated heterocycles. The number of nitrogens with one attached hydrogen (secondary N) is 1. The molecule has 0 aliphatic carbocycles. The number of fused-ring (bicyclic) bond motifs is 1. The SMILES string of the molecule is COc1ccc(C(=O)c2c[nH]c3ccc(C)cc23)cc1. The minimum absolute atomic E-state index is 0.0181. The molecule has 1 aromatic heterocycles. The minimum atomic E-state index is 0.0181. The maximum absolute atomic E-state index is 12.6. The molecule has 1 N–H and O–H groups in total. The smallest absolute Gasteiger partial charge is 0.195 e. The van der Waals surface area contributed by atoms with Gasteiger partial charge < -0.3 is 9.72 Å². The molecule has 0 bridgehead atoms. The number of aromatic nitrogens is 1. The van der Waals surface area contributed by atoms with Crippen LogP contribution in [0.2, 0.25) is 0 Å². The van der Waals surface area contributed by atoms with Crippen molar-refractivity contribution in [2.45, 2.75) is 6.92 Å². The van der Waals surface area contributed by atoms with Gasteiger partial charge in [-0.1, -0.05) is 11.6 Å². The van der Waals surface area contributed by atoms with Gasteiger partial charge >= 0.3 is 0 Å². The van der Waals surface area contributed by atoms with Gasteiger partial charge in [-0.15, -0.1) is 0 Å². The van der Waals surface area contributed by atoms with Gasteiger partial charge in [0.15, 0.2) is 5.78 Å². The van der Waals surface area contributed by atoms with Crippen LogP contribution in [0, 0.1) is 6.92 Å². The zero-order valence-corrected chi connectivity index (χ0v) is 11.4. The lowest BCUT2D eigenvalue weighted by molar-refractivity contribution is 0.104. The monoisotopic (exact) mass is 265 g/mol. The summed E-state index contributed by atoms with van der Waals surface area (Å²) in [5.41, 5.74) is 3.48. The molecule has 2 aromatic carbocycles. The lowest BCUT2D eigenvalue weighted by Gasteiger charge is -2.02. The molecule has 0 amide bonds. The summed E-state index contributed by atoms with van der Waals surface area (Å²) in [4.78, 5) is 15.7.